The SMILES string of the molecule is Cc1ccccc1-c1noc(CN2CCN(C(=O)CC(C)c3ccc(C(F)(F)F)cc3)CC2)n1. The van der Waals surface area contributed by atoms with Crippen LogP contribution in [0, 0.1) is 6.92 Å². The Bertz CT molecular complexity index is 1120. The van der Waals surface area contributed by atoms with Gasteiger partial charge in [0.05, 0.1) is 12.1 Å². The third kappa shape index (κ3) is 5.64. The van der Waals surface area contributed by atoms with Gasteiger partial charge in [-0.25, -0.2) is 0 Å². The highest BCUT2D eigenvalue weighted by molar-refractivity contribution is 5.77. The van der Waals surface area contributed by atoms with Gasteiger partial charge in [0, 0.05) is 38.2 Å². The van der Waals surface area contributed by atoms with E-state index in [2.05, 4.69) is 15.0 Å². The summed E-state index contributed by atoms with van der Waals surface area (Å²) in [5.74, 6) is 0.950. The number of aromatic nitrogens is 2. The first-order valence-corrected chi connectivity index (χ1v) is 11.3. The van der Waals surface area contributed by atoms with Crippen molar-refractivity contribution >= 4 is 5.91 Å². The van der Waals surface area contributed by atoms with Crippen LogP contribution in [0.1, 0.15) is 41.8 Å². The molecule has 34 heavy (non-hydrogen) atoms. The lowest BCUT2D eigenvalue weighted by Gasteiger charge is -2.34. The summed E-state index contributed by atoms with van der Waals surface area (Å²) in [6.07, 6.45) is -4.10. The normalized spacial score (nSPS) is 16.0. The number of halogens is 3. The third-order valence-corrected chi connectivity index (χ3v) is 6.23. The summed E-state index contributed by atoms with van der Waals surface area (Å²) in [5, 5.41) is 4.10. The number of alkyl halides is 3. The second-order valence-corrected chi connectivity index (χ2v) is 8.71. The number of hydrogen-bond donors (Lipinski definition) is 0. The molecule has 180 valence electrons. The molecule has 1 amide bonds. The molecule has 9 heteroatoms. The lowest BCUT2D eigenvalue weighted by molar-refractivity contribution is -0.137. The highest BCUT2D eigenvalue weighted by atomic mass is 19.4. The van der Waals surface area contributed by atoms with Crippen molar-refractivity contribution in [2.24, 2.45) is 0 Å². The van der Waals surface area contributed by atoms with Crippen LogP contribution in [-0.2, 0) is 17.5 Å². The Morgan fingerprint density at radius 2 is 1.74 bits per heavy atom. The van der Waals surface area contributed by atoms with Crippen molar-refractivity contribution in [1.82, 2.24) is 19.9 Å². The van der Waals surface area contributed by atoms with Gasteiger partial charge in [0.15, 0.2) is 0 Å². The van der Waals surface area contributed by atoms with Crippen LogP contribution >= 0.6 is 0 Å². The van der Waals surface area contributed by atoms with Crippen molar-refractivity contribution in [2.75, 3.05) is 26.2 Å². The maximum atomic E-state index is 12.8. The second kappa shape index (κ2) is 9.97. The molecule has 1 aromatic heterocycles. The topological polar surface area (TPSA) is 62.5 Å². The number of nitrogens with zero attached hydrogens (tertiary/aromatic N) is 4. The standard InChI is InChI=1S/C25H27F3N4O2/c1-17-5-3-4-6-21(17)24-29-22(34-30-24)16-31-11-13-32(14-12-31)23(33)15-18(2)19-7-9-20(10-8-19)25(26,27)28/h3-10,18H,11-16H2,1-2H3. The van der Waals surface area contributed by atoms with Crippen LogP contribution in [0.2, 0.25) is 0 Å². The minimum atomic E-state index is -4.36. The second-order valence-electron chi connectivity index (χ2n) is 8.71. The average molecular weight is 473 g/mol. The molecular weight excluding hydrogens is 445 g/mol. The monoisotopic (exact) mass is 472 g/mol. The van der Waals surface area contributed by atoms with Crippen molar-refractivity contribution in [3.8, 4) is 11.4 Å². The van der Waals surface area contributed by atoms with E-state index >= 15 is 0 Å². The van der Waals surface area contributed by atoms with E-state index in [1.54, 1.807) is 0 Å². The molecule has 6 nitrogen and oxygen atoms in total. The summed E-state index contributed by atoms with van der Waals surface area (Å²) in [5.41, 5.74) is 2.06. The molecule has 0 saturated carbocycles. The maximum Gasteiger partial charge on any atom is 0.416 e. The predicted molar refractivity (Wildman–Crippen MR) is 121 cm³/mol. The van der Waals surface area contributed by atoms with Crippen molar-refractivity contribution in [3.05, 3.63) is 71.1 Å². The summed E-state index contributed by atoms with van der Waals surface area (Å²) in [6.45, 7) is 6.90. The molecule has 2 aromatic carbocycles. The number of aryl methyl sites for hydroxylation is 1. The number of amides is 1. The predicted octanol–water partition coefficient (Wildman–Crippen LogP) is 4.90. The number of carbonyl (C=O) groups is 1. The highest BCUT2D eigenvalue weighted by Gasteiger charge is 2.30. The van der Waals surface area contributed by atoms with E-state index in [1.165, 1.54) is 12.1 Å². The van der Waals surface area contributed by atoms with E-state index in [-0.39, 0.29) is 18.2 Å². The molecule has 0 bridgehead atoms. The Hall–Kier alpha value is -3.20. The first kappa shape index (κ1) is 23.9. The molecule has 1 unspecified atom stereocenters. The number of carbonyl (C=O) groups excluding carboxylic acids is 1. The minimum absolute atomic E-state index is 0.00618. The zero-order valence-corrected chi connectivity index (χ0v) is 19.2. The Kier molecular flexibility index (Phi) is 7.02. The molecule has 1 aliphatic rings. The lowest BCUT2D eigenvalue weighted by Crippen LogP contribution is -2.48. The van der Waals surface area contributed by atoms with Crippen LogP contribution in [0.15, 0.2) is 53.1 Å². The van der Waals surface area contributed by atoms with E-state index in [0.29, 0.717) is 44.4 Å². The van der Waals surface area contributed by atoms with E-state index < -0.39 is 11.7 Å². The molecule has 1 saturated heterocycles. The zero-order valence-electron chi connectivity index (χ0n) is 19.2. The largest absolute Gasteiger partial charge is 0.416 e. The summed E-state index contributed by atoms with van der Waals surface area (Å²) < 4.78 is 43.7. The van der Waals surface area contributed by atoms with Gasteiger partial charge >= 0.3 is 6.18 Å². The molecule has 1 atom stereocenters. The molecule has 4 rings (SSSR count). The van der Waals surface area contributed by atoms with Crippen LogP contribution in [0.5, 0.6) is 0 Å². The van der Waals surface area contributed by atoms with E-state index in [1.807, 2.05) is 43.0 Å². The van der Waals surface area contributed by atoms with E-state index in [4.69, 9.17) is 4.52 Å². The highest BCUT2D eigenvalue weighted by Crippen LogP contribution is 2.31. The molecule has 1 fully saturated rings. The smallest absolute Gasteiger partial charge is 0.340 e. The van der Waals surface area contributed by atoms with Crippen molar-refractivity contribution in [1.29, 1.82) is 0 Å². The first-order chi connectivity index (χ1) is 16.2. The number of rotatable bonds is 6. The Balaban J connectivity index is 1.27. The summed E-state index contributed by atoms with van der Waals surface area (Å²) in [7, 11) is 0. The van der Waals surface area contributed by atoms with Crippen LogP contribution in [0.25, 0.3) is 11.4 Å². The fraction of sp³-hybridized carbons (Fsp3) is 0.400. The molecule has 2 heterocycles. The average Bonchev–Trinajstić information content (AvgIpc) is 3.27. The molecular formula is C25H27F3N4O2. The molecule has 0 N–H and O–H groups in total. The molecule has 3 aromatic rings. The zero-order chi connectivity index (χ0) is 24.3. The minimum Gasteiger partial charge on any atom is -0.340 e. The third-order valence-electron chi connectivity index (χ3n) is 6.23. The van der Waals surface area contributed by atoms with Gasteiger partial charge in [-0.3, -0.25) is 9.69 Å². The Morgan fingerprint density at radius 1 is 1.06 bits per heavy atom. The number of hydrogen-bond acceptors (Lipinski definition) is 5. The quantitative estimate of drug-likeness (QED) is 0.511. The maximum absolute atomic E-state index is 12.8. The molecule has 1 aliphatic heterocycles. The number of benzene rings is 2. The summed E-state index contributed by atoms with van der Waals surface area (Å²) in [4.78, 5) is 21.2. The summed E-state index contributed by atoms with van der Waals surface area (Å²) in [6, 6.07) is 12.9. The van der Waals surface area contributed by atoms with Gasteiger partial charge in [-0.15, -0.1) is 0 Å². The van der Waals surface area contributed by atoms with E-state index in [9.17, 15) is 18.0 Å². The van der Waals surface area contributed by atoms with Crippen LogP contribution < -0.4 is 0 Å². The number of piperazine rings is 1. The van der Waals surface area contributed by atoms with Gasteiger partial charge in [-0.1, -0.05) is 48.5 Å². The summed E-state index contributed by atoms with van der Waals surface area (Å²) >= 11 is 0. The van der Waals surface area contributed by atoms with Crippen molar-refractivity contribution in [3.63, 3.8) is 0 Å². The van der Waals surface area contributed by atoms with Gasteiger partial charge in [0.2, 0.25) is 17.6 Å². The van der Waals surface area contributed by atoms with Gasteiger partial charge in [0.1, 0.15) is 0 Å². The molecule has 0 aliphatic carbocycles. The van der Waals surface area contributed by atoms with Gasteiger partial charge in [-0.2, -0.15) is 18.2 Å². The first-order valence-electron chi connectivity index (χ1n) is 11.3. The molecule has 0 radical (unpaired) electrons. The fourth-order valence-electron chi connectivity index (χ4n) is 4.11. The Labute approximate surface area is 196 Å². The Morgan fingerprint density at radius 3 is 2.38 bits per heavy atom. The molecule has 0 spiro atoms. The fourth-order valence-corrected chi connectivity index (χ4v) is 4.11. The van der Waals surface area contributed by atoms with Crippen molar-refractivity contribution in [2.45, 2.75) is 38.9 Å². The van der Waals surface area contributed by atoms with Crippen molar-refractivity contribution < 1.29 is 22.5 Å². The van der Waals surface area contributed by atoms with Gasteiger partial charge in [-0.05, 0) is 36.1 Å². The lowest BCUT2D eigenvalue weighted by atomic mass is 9.96. The van der Waals surface area contributed by atoms with Crippen LogP contribution in [-0.4, -0.2) is 52.0 Å². The van der Waals surface area contributed by atoms with Gasteiger partial charge in [0.25, 0.3) is 0 Å². The van der Waals surface area contributed by atoms with E-state index in [0.717, 1.165) is 28.8 Å². The van der Waals surface area contributed by atoms with Crippen LogP contribution in [0.3, 0.4) is 0 Å². The van der Waals surface area contributed by atoms with Gasteiger partial charge < -0.3 is 9.42 Å². The van der Waals surface area contributed by atoms with Crippen LogP contribution in [0.4, 0.5) is 13.2 Å².